The standard InChI is InChI=1S/C45H35N3/c1-44(2)36-23-12-11-21-33(36)34-26-39-35(27-38(34)44)40-32(22-14-24-37(40)45(39,3)4)30-19-13-20-31(25-30)43-47-41(28-15-7-5-8-16-28)46-42(48-43)29-17-9-6-10-18-29/h5-27H,1-4H3. The average Bonchev–Trinajstić information content (AvgIpc) is 3.50. The van der Waals surface area contributed by atoms with Gasteiger partial charge < -0.3 is 0 Å². The Bertz CT molecular complexity index is 2330. The van der Waals surface area contributed by atoms with E-state index in [0.29, 0.717) is 17.5 Å². The van der Waals surface area contributed by atoms with Gasteiger partial charge in [-0.15, -0.1) is 0 Å². The summed E-state index contributed by atoms with van der Waals surface area (Å²) in [7, 11) is 0. The van der Waals surface area contributed by atoms with Crippen molar-refractivity contribution in [3.63, 3.8) is 0 Å². The quantitative estimate of drug-likeness (QED) is 0.197. The van der Waals surface area contributed by atoms with Crippen molar-refractivity contribution in [3.05, 3.63) is 162 Å². The van der Waals surface area contributed by atoms with Gasteiger partial charge in [0.05, 0.1) is 0 Å². The Morgan fingerprint density at radius 3 is 1.48 bits per heavy atom. The van der Waals surface area contributed by atoms with Crippen LogP contribution < -0.4 is 0 Å². The zero-order chi connectivity index (χ0) is 32.6. The number of hydrogen-bond acceptors (Lipinski definition) is 3. The lowest BCUT2D eigenvalue weighted by Gasteiger charge is -2.24. The SMILES string of the molecule is CC1(C)c2ccccc2-c2cc3c(cc21)-c1c(-c2cccc(-c4nc(-c5ccccc5)nc(-c5ccccc5)n4)c2)cccc1C3(C)C. The molecule has 6 aromatic carbocycles. The van der Waals surface area contributed by atoms with E-state index < -0.39 is 0 Å². The molecule has 1 heterocycles. The van der Waals surface area contributed by atoms with Gasteiger partial charge in [-0.05, 0) is 73.8 Å². The second-order valence-corrected chi connectivity index (χ2v) is 14.1. The molecule has 230 valence electrons. The van der Waals surface area contributed by atoms with E-state index in [-0.39, 0.29) is 10.8 Å². The molecular weight excluding hydrogens is 583 g/mol. The van der Waals surface area contributed by atoms with Crippen LogP contribution in [0.25, 0.3) is 67.5 Å². The summed E-state index contributed by atoms with van der Waals surface area (Å²) in [5.74, 6) is 1.99. The monoisotopic (exact) mass is 617 g/mol. The molecule has 0 bridgehead atoms. The summed E-state index contributed by atoms with van der Waals surface area (Å²) in [6, 6.07) is 49.7. The number of benzene rings is 6. The minimum atomic E-state index is -0.127. The zero-order valence-electron chi connectivity index (χ0n) is 27.6. The number of fused-ring (bicyclic) bond motifs is 6. The van der Waals surface area contributed by atoms with Crippen molar-refractivity contribution in [3.8, 4) is 67.5 Å². The van der Waals surface area contributed by atoms with Gasteiger partial charge in [0, 0.05) is 27.5 Å². The van der Waals surface area contributed by atoms with Crippen LogP contribution in [-0.4, -0.2) is 15.0 Å². The van der Waals surface area contributed by atoms with Gasteiger partial charge in [0.2, 0.25) is 0 Å². The maximum Gasteiger partial charge on any atom is 0.164 e. The molecule has 0 radical (unpaired) electrons. The van der Waals surface area contributed by atoms with Crippen molar-refractivity contribution >= 4 is 0 Å². The van der Waals surface area contributed by atoms with Gasteiger partial charge >= 0.3 is 0 Å². The zero-order valence-corrected chi connectivity index (χ0v) is 27.6. The number of rotatable bonds is 4. The lowest BCUT2D eigenvalue weighted by molar-refractivity contribution is 0.652. The van der Waals surface area contributed by atoms with Crippen molar-refractivity contribution in [1.82, 2.24) is 15.0 Å². The van der Waals surface area contributed by atoms with Gasteiger partial charge in [-0.2, -0.15) is 0 Å². The Balaban J connectivity index is 1.21. The minimum absolute atomic E-state index is 0.0612. The van der Waals surface area contributed by atoms with Crippen molar-refractivity contribution in [2.75, 3.05) is 0 Å². The predicted octanol–water partition coefficient (Wildman–Crippen LogP) is 11.2. The van der Waals surface area contributed by atoms with Gasteiger partial charge in [-0.1, -0.05) is 149 Å². The number of hydrogen-bond donors (Lipinski definition) is 0. The van der Waals surface area contributed by atoms with Crippen LogP contribution in [-0.2, 0) is 10.8 Å². The molecule has 48 heavy (non-hydrogen) atoms. The van der Waals surface area contributed by atoms with Crippen LogP contribution in [0.15, 0.2) is 140 Å². The van der Waals surface area contributed by atoms with Crippen molar-refractivity contribution in [1.29, 1.82) is 0 Å². The molecule has 2 aliphatic rings. The van der Waals surface area contributed by atoms with Gasteiger partial charge in [0.1, 0.15) is 0 Å². The average molecular weight is 618 g/mol. The first-order valence-corrected chi connectivity index (χ1v) is 16.7. The minimum Gasteiger partial charge on any atom is -0.208 e. The summed E-state index contributed by atoms with van der Waals surface area (Å²) in [4.78, 5) is 14.9. The van der Waals surface area contributed by atoms with Crippen LogP contribution >= 0.6 is 0 Å². The van der Waals surface area contributed by atoms with Gasteiger partial charge in [0.25, 0.3) is 0 Å². The third-order valence-corrected chi connectivity index (χ3v) is 10.5. The molecule has 3 heteroatoms. The third-order valence-electron chi connectivity index (χ3n) is 10.5. The lowest BCUT2D eigenvalue weighted by atomic mass is 9.79. The summed E-state index contributed by atoms with van der Waals surface area (Å²) in [5, 5.41) is 0. The molecule has 9 rings (SSSR count). The van der Waals surface area contributed by atoms with E-state index in [1.165, 1.54) is 50.1 Å². The topological polar surface area (TPSA) is 38.7 Å². The van der Waals surface area contributed by atoms with E-state index in [0.717, 1.165) is 22.3 Å². The van der Waals surface area contributed by atoms with E-state index in [1.807, 2.05) is 60.7 Å². The van der Waals surface area contributed by atoms with Crippen LogP contribution in [0, 0.1) is 0 Å². The molecule has 2 aliphatic carbocycles. The summed E-state index contributed by atoms with van der Waals surface area (Å²) < 4.78 is 0. The van der Waals surface area contributed by atoms with Crippen LogP contribution in [0.4, 0.5) is 0 Å². The van der Waals surface area contributed by atoms with E-state index in [4.69, 9.17) is 15.0 Å². The highest BCUT2D eigenvalue weighted by Gasteiger charge is 2.42. The van der Waals surface area contributed by atoms with Crippen LogP contribution in [0.3, 0.4) is 0 Å². The highest BCUT2D eigenvalue weighted by Crippen LogP contribution is 2.57. The maximum absolute atomic E-state index is 5.02. The van der Waals surface area contributed by atoms with Crippen molar-refractivity contribution in [2.45, 2.75) is 38.5 Å². The Morgan fingerprint density at radius 2 is 0.792 bits per heavy atom. The molecule has 0 saturated carbocycles. The molecule has 0 saturated heterocycles. The van der Waals surface area contributed by atoms with Gasteiger partial charge in [0.15, 0.2) is 17.5 Å². The maximum atomic E-state index is 5.02. The van der Waals surface area contributed by atoms with Crippen molar-refractivity contribution < 1.29 is 0 Å². The second-order valence-electron chi connectivity index (χ2n) is 14.1. The van der Waals surface area contributed by atoms with Crippen molar-refractivity contribution in [2.24, 2.45) is 0 Å². The van der Waals surface area contributed by atoms with E-state index in [2.05, 4.69) is 107 Å². The van der Waals surface area contributed by atoms with E-state index in [9.17, 15) is 0 Å². The largest absolute Gasteiger partial charge is 0.208 e. The lowest BCUT2D eigenvalue weighted by Crippen LogP contribution is -2.16. The predicted molar refractivity (Wildman–Crippen MR) is 197 cm³/mol. The van der Waals surface area contributed by atoms with E-state index in [1.54, 1.807) is 0 Å². The molecule has 7 aromatic rings. The van der Waals surface area contributed by atoms with Gasteiger partial charge in [-0.3, -0.25) is 0 Å². The van der Waals surface area contributed by atoms with Gasteiger partial charge in [-0.25, -0.2) is 15.0 Å². The molecule has 0 fully saturated rings. The molecule has 0 atom stereocenters. The fourth-order valence-corrected chi connectivity index (χ4v) is 7.98. The Morgan fingerprint density at radius 1 is 0.333 bits per heavy atom. The highest BCUT2D eigenvalue weighted by atomic mass is 15.0. The normalized spacial score (nSPS) is 14.6. The fourth-order valence-electron chi connectivity index (χ4n) is 7.98. The molecule has 0 N–H and O–H groups in total. The fraction of sp³-hybridized carbons (Fsp3) is 0.133. The highest BCUT2D eigenvalue weighted by molar-refractivity contribution is 5.96. The second kappa shape index (κ2) is 10.4. The Labute approximate surface area is 282 Å². The van der Waals surface area contributed by atoms with E-state index >= 15 is 0 Å². The molecular formula is C45H35N3. The number of nitrogens with zero attached hydrogens (tertiary/aromatic N) is 3. The van der Waals surface area contributed by atoms with Crippen LogP contribution in [0.5, 0.6) is 0 Å². The molecule has 0 aliphatic heterocycles. The Hall–Kier alpha value is -5.67. The summed E-state index contributed by atoms with van der Waals surface area (Å²) in [6.07, 6.45) is 0. The van der Waals surface area contributed by atoms with Crippen LogP contribution in [0.1, 0.15) is 49.9 Å². The number of aromatic nitrogens is 3. The molecule has 3 nitrogen and oxygen atoms in total. The summed E-state index contributed by atoms with van der Waals surface area (Å²) in [5.41, 5.74) is 16.1. The third kappa shape index (κ3) is 4.24. The smallest absolute Gasteiger partial charge is 0.164 e. The molecule has 0 amide bonds. The molecule has 1 aromatic heterocycles. The van der Waals surface area contributed by atoms with Crippen LogP contribution in [0.2, 0.25) is 0 Å². The summed E-state index contributed by atoms with van der Waals surface area (Å²) in [6.45, 7) is 9.47. The molecule has 0 spiro atoms. The molecule has 0 unspecified atom stereocenters. The Kier molecular flexibility index (Phi) is 6.20. The first-order valence-electron chi connectivity index (χ1n) is 16.7. The summed E-state index contributed by atoms with van der Waals surface area (Å²) >= 11 is 0. The first-order chi connectivity index (χ1) is 23.3. The first kappa shape index (κ1) is 28.5.